The van der Waals surface area contributed by atoms with Crippen molar-refractivity contribution < 1.29 is 4.79 Å². The normalized spacial score (nSPS) is 8.36. The Balaban J connectivity index is 0.000001000. The molecule has 4 nitrogen and oxygen atoms in total. The number of hydrogen-bond donors (Lipinski definition) is 2. The van der Waals surface area contributed by atoms with E-state index in [0.717, 1.165) is 0 Å². The zero-order valence-corrected chi connectivity index (χ0v) is 6.35. The lowest BCUT2D eigenvalue weighted by molar-refractivity contribution is 0.1000. The Morgan fingerprint density at radius 3 is 2.45 bits per heavy atom. The van der Waals surface area contributed by atoms with Crippen LogP contribution in [0, 0.1) is 0 Å². The van der Waals surface area contributed by atoms with Crippen molar-refractivity contribution in [2.45, 2.75) is 0 Å². The van der Waals surface area contributed by atoms with Gasteiger partial charge < -0.3 is 10.7 Å². The molecule has 0 aliphatic carbocycles. The SMILES string of the molecule is Cl.NC(=O)c1ccc(=O)[nH]c1. The van der Waals surface area contributed by atoms with Crippen molar-refractivity contribution in [1.82, 2.24) is 4.98 Å². The van der Waals surface area contributed by atoms with Crippen LogP contribution in [0.1, 0.15) is 10.4 Å². The largest absolute Gasteiger partial charge is 0.366 e. The molecule has 0 bridgehead atoms. The van der Waals surface area contributed by atoms with Crippen molar-refractivity contribution in [1.29, 1.82) is 0 Å². The van der Waals surface area contributed by atoms with E-state index in [1.54, 1.807) is 0 Å². The summed E-state index contributed by atoms with van der Waals surface area (Å²) in [5, 5.41) is 0. The molecule has 0 unspecified atom stereocenters. The van der Waals surface area contributed by atoms with E-state index >= 15 is 0 Å². The molecule has 1 heterocycles. The van der Waals surface area contributed by atoms with Gasteiger partial charge in [0.05, 0.1) is 5.56 Å². The van der Waals surface area contributed by atoms with Gasteiger partial charge in [-0.15, -0.1) is 12.4 Å². The van der Waals surface area contributed by atoms with E-state index in [4.69, 9.17) is 5.73 Å². The Bertz CT molecular complexity index is 287. The Hall–Kier alpha value is -1.29. The molecule has 1 rings (SSSR count). The second-order valence-corrected chi connectivity index (χ2v) is 1.81. The molecule has 3 N–H and O–H groups in total. The van der Waals surface area contributed by atoms with Crippen LogP contribution in [0.4, 0.5) is 0 Å². The average molecular weight is 175 g/mol. The maximum absolute atomic E-state index is 10.4. The predicted octanol–water partition coefficient (Wildman–Crippen LogP) is -0.104. The molecule has 0 atom stereocenters. The topological polar surface area (TPSA) is 76.0 Å². The van der Waals surface area contributed by atoms with Gasteiger partial charge in [-0.2, -0.15) is 0 Å². The maximum Gasteiger partial charge on any atom is 0.250 e. The second-order valence-electron chi connectivity index (χ2n) is 1.81. The number of H-pyrrole nitrogens is 1. The van der Waals surface area contributed by atoms with E-state index in [1.165, 1.54) is 18.3 Å². The number of nitrogens with one attached hydrogen (secondary N) is 1. The predicted molar refractivity (Wildman–Crippen MR) is 42.8 cm³/mol. The summed E-state index contributed by atoms with van der Waals surface area (Å²) >= 11 is 0. The first kappa shape index (κ1) is 9.71. The number of amides is 1. The standard InChI is InChI=1S/C6H6N2O2.ClH/c7-6(10)4-1-2-5(9)8-3-4;/h1-3H,(H2,7,10)(H,8,9);1H. The highest BCUT2D eigenvalue weighted by Crippen LogP contribution is 1.88. The van der Waals surface area contributed by atoms with Gasteiger partial charge in [0.15, 0.2) is 0 Å². The molecular formula is C6H7ClN2O2. The van der Waals surface area contributed by atoms with Crippen LogP contribution in [-0.2, 0) is 0 Å². The van der Waals surface area contributed by atoms with Crippen LogP contribution >= 0.6 is 12.4 Å². The number of aromatic nitrogens is 1. The molecule has 0 spiro atoms. The number of halogens is 1. The van der Waals surface area contributed by atoms with E-state index < -0.39 is 5.91 Å². The van der Waals surface area contributed by atoms with Gasteiger partial charge in [0, 0.05) is 12.3 Å². The first-order valence-corrected chi connectivity index (χ1v) is 2.68. The maximum atomic E-state index is 10.4. The first-order valence-electron chi connectivity index (χ1n) is 2.68. The van der Waals surface area contributed by atoms with Gasteiger partial charge in [0.1, 0.15) is 0 Å². The molecule has 0 aliphatic heterocycles. The molecule has 1 aromatic rings. The summed E-state index contributed by atoms with van der Waals surface area (Å²) in [5.74, 6) is -0.545. The quantitative estimate of drug-likeness (QED) is 0.624. The summed E-state index contributed by atoms with van der Waals surface area (Å²) in [4.78, 5) is 23.2. The molecule has 0 aromatic carbocycles. The van der Waals surface area contributed by atoms with Crippen LogP contribution in [0.5, 0.6) is 0 Å². The van der Waals surface area contributed by atoms with Crippen LogP contribution < -0.4 is 11.3 Å². The van der Waals surface area contributed by atoms with Crippen LogP contribution in [0.3, 0.4) is 0 Å². The number of nitrogens with two attached hydrogens (primary N) is 1. The molecule has 0 radical (unpaired) electrons. The third kappa shape index (κ3) is 2.43. The molecule has 1 aromatic heterocycles. The number of hydrogen-bond acceptors (Lipinski definition) is 2. The first-order chi connectivity index (χ1) is 4.70. The lowest BCUT2D eigenvalue weighted by atomic mass is 10.3. The van der Waals surface area contributed by atoms with Crippen molar-refractivity contribution in [2.75, 3.05) is 0 Å². The Morgan fingerprint density at radius 1 is 1.45 bits per heavy atom. The third-order valence-corrected chi connectivity index (χ3v) is 1.07. The summed E-state index contributed by atoms with van der Waals surface area (Å²) in [7, 11) is 0. The molecule has 11 heavy (non-hydrogen) atoms. The van der Waals surface area contributed by atoms with Crippen LogP contribution in [0.25, 0.3) is 0 Å². The van der Waals surface area contributed by atoms with E-state index in [2.05, 4.69) is 4.98 Å². The molecule has 60 valence electrons. The van der Waals surface area contributed by atoms with Crippen molar-refractivity contribution >= 4 is 18.3 Å². The van der Waals surface area contributed by atoms with Gasteiger partial charge in [-0.25, -0.2) is 0 Å². The van der Waals surface area contributed by atoms with E-state index in [9.17, 15) is 9.59 Å². The zero-order chi connectivity index (χ0) is 7.56. The van der Waals surface area contributed by atoms with E-state index in [0.29, 0.717) is 5.56 Å². The number of pyridine rings is 1. The molecule has 0 saturated carbocycles. The minimum absolute atomic E-state index is 0. The summed E-state index contributed by atoms with van der Waals surface area (Å²) < 4.78 is 0. The smallest absolute Gasteiger partial charge is 0.250 e. The number of carbonyl (C=O) groups excluding carboxylic acids is 1. The highest BCUT2D eigenvalue weighted by atomic mass is 35.5. The van der Waals surface area contributed by atoms with Crippen molar-refractivity contribution in [3.63, 3.8) is 0 Å². The van der Waals surface area contributed by atoms with Crippen LogP contribution in [0.2, 0.25) is 0 Å². The number of primary amides is 1. The van der Waals surface area contributed by atoms with Gasteiger partial charge in [-0.1, -0.05) is 0 Å². The van der Waals surface area contributed by atoms with Gasteiger partial charge in [0.2, 0.25) is 11.5 Å². The van der Waals surface area contributed by atoms with Crippen molar-refractivity contribution in [3.05, 3.63) is 34.2 Å². The Morgan fingerprint density at radius 2 is 2.09 bits per heavy atom. The monoisotopic (exact) mass is 174 g/mol. The number of aromatic amines is 1. The molecule has 0 fully saturated rings. The fourth-order valence-electron chi connectivity index (χ4n) is 0.564. The fraction of sp³-hybridized carbons (Fsp3) is 0. The summed E-state index contributed by atoms with van der Waals surface area (Å²) in [6.07, 6.45) is 1.28. The fourth-order valence-corrected chi connectivity index (χ4v) is 0.564. The zero-order valence-electron chi connectivity index (χ0n) is 5.53. The Labute approximate surface area is 68.8 Å². The second kappa shape index (κ2) is 3.78. The molecule has 0 aliphatic rings. The molecule has 5 heteroatoms. The number of rotatable bonds is 1. The number of carbonyl (C=O) groups is 1. The minimum atomic E-state index is -0.545. The highest BCUT2D eigenvalue weighted by molar-refractivity contribution is 5.92. The molecular weight excluding hydrogens is 168 g/mol. The van der Waals surface area contributed by atoms with Crippen LogP contribution in [0.15, 0.2) is 23.1 Å². The lowest BCUT2D eigenvalue weighted by Gasteiger charge is -1.89. The van der Waals surface area contributed by atoms with Gasteiger partial charge in [-0.05, 0) is 6.07 Å². The van der Waals surface area contributed by atoms with Gasteiger partial charge in [-0.3, -0.25) is 9.59 Å². The van der Waals surface area contributed by atoms with Crippen molar-refractivity contribution in [3.8, 4) is 0 Å². The van der Waals surface area contributed by atoms with Crippen LogP contribution in [-0.4, -0.2) is 10.9 Å². The average Bonchev–Trinajstić information content (AvgIpc) is 1.88. The minimum Gasteiger partial charge on any atom is -0.366 e. The third-order valence-electron chi connectivity index (χ3n) is 1.07. The lowest BCUT2D eigenvalue weighted by Crippen LogP contribution is -2.13. The summed E-state index contributed by atoms with van der Waals surface area (Å²) in [5.41, 5.74) is 4.96. The van der Waals surface area contributed by atoms with Gasteiger partial charge in [0.25, 0.3) is 0 Å². The summed E-state index contributed by atoms with van der Waals surface area (Å²) in [6, 6.07) is 2.63. The highest BCUT2D eigenvalue weighted by Gasteiger charge is 1.96. The summed E-state index contributed by atoms with van der Waals surface area (Å²) in [6.45, 7) is 0. The molecule has 0 saturated heterocycles. The molecule has 1 amide bonds. The van der Waals surface area contributed by atoms with Gasteiger partial charge >= 0.3 is 0 Å². The van der Waals surface area contributed by atoms with Crippen molar-refractivity contribution in [2.24, 2.45) is 5.73 Å². The van der Waals surface area contributed by atoms with E-state index in [1.807, 2.05) is 0 Å². The Kier molecular flexibility index (Phi) is 3.33. The van der Waals surface area contributed by atoms with E-state index in [-0.39, 0.29) is 18.0 Å².